The molecule has 1 fully saturated rings. The summed E-state index contributed by atoms with van der Waals surface area (Å²) in [6.07, 6.45) is 0. The van der Waals surface area contributed by atoms with Gasteiger partial charge in [-0.3, -0.25) is 0 Å². The van der Waals surface area contributed by atoms with E-state index in [1.165, 1.54) is 5.56 Å². The molecule has 1 aromatic rings. The minimum absolute atomic E-state index is 0.0420. The lowest BCUT2D eigenvalue weighted by Gasteiger charge is -2.27. The molecule has 0 unspecified atom stereocenters. The van der Waals surface area contributed by atoms with E-state index in [1.54, 1.807) is 4.90 Å². The maximum absolute atomic E-state index is 11.9. The van der Waals surface area contributed by atoms with Crippen molar-refractivity contribution in [1.29, 1.82) is 0 Å². The van der Waals surface area contributed by atoms with Crippen molar-refractivity contribution in [3.8, 4) is 5.75 Å². The second-order valence-electron chi connectivity index (χ2n) is 5.33. The number of carbonyl (C=O) groups is 1. The van der Waals surface area contributed by atoms with Crippen LogP contribution in [0.25, 0.3) is 0 Å². The molecule has 1 saturated heterocycles. The van der Waals surface area contributed by atoms with E-state index in [0.29, 0.717) is 39.5 Å². The van der Waals surface area contributed by atoms with Crippen LogP contribution < -0.4 is 10.1 Å². The first-order chi connectivity index (χ1) is 10.1. The molecule has 2 rings (SSSR count). The smallest absolute Gasteiger partial charge is 0.317 e. The molecule has 2 amide bonds. The molecule has 5 nitrogen and oxygen atoms in total. The second-order valence-corrected chi connectivity index (χ2v) is 5.33. The fourth-order valence-electron chi connectivity index (χ4n) is 2.34. The van der Waals surface area contributed by atoms with Gasteiger partial charge in [0.25, 0.3) is 0 Å². The number of aryl methyl sites for hydroxylation is 2. The lowest BCUT2D eigenvalue weighted by molar-refractivity contribution is 0.0530. The number of carbonyl (C=O) groups excluding carboxylic acids is 1. The Morgan fingerprint density at radius 2 is 1.90 bits per heavy atom. The van der Waals surface area contributed by atoms with E-state index in [2.05, 4.69) is 31.3 Å². The molecule has 1 N–H and O–H groups in total. The molecule has 0 saturated carbocycles. The zero-order chi connectivity index (χ0) is 15.2. The first-order valence-electron chi connectivity index (χ1n) is 7.39. The third-order valence-electron chi connectivity index (χ3n) is 3.80. The van der Waals surface area contributed by atoms with Gasteiger partial charge in [0.05, 0.1) is 19.8 Å². The first-order valence-corrected chi connectivity index (χ1v) is 7.39. The second kappa shape index (κ2) is 7.31. The van der Waals surface area contributed by atoms with Crippen LogP contribution in [0.15, 0.2) is 12.1 Å². The van der Waals surface area contributed by atoms with E-state index < -0.39 is 0 Å². The lowest BCUT2D eigenvalue weighted by Crippen LogP contribution is -2.47. The highest BCUT2D eigenvalue weighted by atomic mass is 16.5. The highest BCUT2D eigenvalue weighted by Crippen LogP contribution is 2.25. The number of amides is 2. The summed E-state index contributed by atoms with van der Waals surface area (Å²) in [6, 6.07) is 4.11. The predicted molar refractivity (Wildman–Crippen MR) is 81.9 cm³/mol. The summed E-state index contributed by atoms with van der Waals surface area (Å²) in [5, 5.41) is 2.88. The van der Waals surface area contributed by atoms with Crippen molar-refractivity contribution >= 4 is 6.03 Å². The molecule has 1 aliphatic heterocycles. The van der Waals surface area contributed by atoms with E-state index >= 15 is 0 Å². The average molecular weight is 292 g/mol. The lowest BCUT2D eigenvalue weighted by atomic mass is 10.1. The molecule has 1 aliphatic rings. The number of hydrogen-bond donors (Lipinski definition) is 1. The van der Waals surface area contributed by atoms with Crippen LogP contribution in [0.5, 0.6) is 5.75 Å². The Hall–Kier alpha value is -1.75. The van der Waals surface area contributed by atoms with Crippen LogP contribution in [-0.2, 0) is 4.74 Å². The number of nitrogens with one attached hydrogen (secondary N) is 1. The zero-order valence-electron chi connectivity index (χ0n) is 13.1. The van der Waals surface area contributed by atoms with Gasteiger partial charge in [0.2, 0.25) is 0 Å². The van der Waals surface area contributed by atoms with E-state index in [0.717, 1.165) is 16.9 Å². The van der Waals surface area contributed by atoms with Crippen molar-refractivity contribution < 1.29 is 14.3 Å². The summed E-state index contributed by atoms with van der Waals surface area (Å²) < 4.78 is 11.1. The maximum atomic E-state index is 11.9. The quantitative estimate of drug-likeness (QED) is 0.864. The van der Waals surface area contributed by atoms with Crippen molar-refractivity contribution in [2.75, 3.05) is 39.5 Å². The van der Waals surface area contributed by atoms with Crippen molar-refractivity contribution in [1.82, 2.24) is 10.2 Å². The molecule has 1 aromatic carbocycles. The number of morpholine rings is 1. The number of nitrogens with zero attached hydrogens (tertiary/aromatic N) is 1. The van der Waals surface area contributed by atoms with Gasteiger partial charge in [-0.1, -0.05) is 12.1 Å². The summed E-state index contributed by atoms with van der Waals surface area (Å²) >= 11 is 0. The predicted octanol–water partition coefficient (Wildman–Crippen LogP) is 2.03. The van der Waals surface area contributed by atoms with Gasteiger partial charge in [-0.25, -0.2) is 4.79 Å². The molecule has 5 heteroatoms. The monoisotopic (exact) mass is 292 g/mol. The van der Waals surface area contributed by atoms with Crippen LogP contribution in [0.3, 0.4) is 0 Å². The third kappa shape index (κ3) is 4.11. The molecule has 21 heavy (non-hydrogen) atoms. The molecular formula is C16H24N2O3. The number of rotatable bonds is 4. The van der Waals surface area contributed by atoms with E-state index in [-0.39, 0.29) is 6.03 Å². The molecule has 0 spiro atoms. The highest BCUT2D eigenvalue weighted by Gasteiger charge is 2.16. The topological polar surface area (TPSA) is 50.8 Å². The number of urea groups is 1. The molecule has 0 radical (unpaired) electrons. The van der Waals surface area contributed by atoms with Gasteiger partial charge in [0, 0.05) is 13.1 Å². The summed E-state index contributed by atoms with van der Waals surface area (Å²) in [5.74, 6) is 0.927. The third-order valence-corrected chi connectivity index (χ3v) is 3.80. The van der Waals surface area contributed by atoms with Gasteiger partial charge < -0.3 is 19.7 Å². The first kappa shape index (κ1) is 15.6. The van der Waals surface area contributed by atoms with Crippen molar-refractivity contribution in [3.05, 3.63) is 28.8 Å². The minimum Gasteiger partial charge on any atom is -0.491 e. The van der Waals surface area contributed by atoms with Gasteiger partial charge >= 0.3 is 6.03 Å². The maximum Gasteiger partial charge on any atom is 0.317 e. The van der Waals surface area contributed by atoms with Crippen molar-refractivity contribution in [3.63, 3.8) is 0 Å². The minimum atomic E-state index is -0.0420. The number of hydrogen-bond acceptors (Lipinski definition) is 3. The molecule has 0 bridgehead atoms. The van der Waals surface area contributed by atoms with Gasteiger partial charge in [0.1, 0.15) is 12.4 Å². The Balaban J connectivity index is 1.77. The van der Waals surface area contributed by atoms with Crippen LogP contribution in [0.1, 0.15) is 16.7 Å². The molecular weight excluding hydrogens is 268 g/mol. The van der Waals surface area contributed by atoms with Gasteiger partial charge in [-0.05, 0) is 37.5 Å². The molecule has 0 atom stereocenters. The van der Waals surface area contributed by atoms with E-state index in [1.807, 2.05) is 6.92 Å². The van der Waals surface area contributed by atoms with E-state index in [4.69, 9.17) is 9.47 Å². The Labute approximate surface area is 126 Å². The normalized spacial score (nSPS) is 14.9. The van der Waals surface area contributed by atoms with Crippen molar-refractivity contribution in [2.45, 2.75) is 20.8 Å². The summed E-state index contributed by atoms with van der Waals surface area (Å²) in [6.45, 7) is 9.69. The highest BCUT2D eigenvalue weighted by molar-refractivity contribution is 5.74. The summed E-state index contributed by atoms with van der Waals surface area (Å²) in [7, 11) is 0. The van der Waals surface area contributed by atoms with Crippen LogP contribution in [0, 0.1) is 20.8 Å². The fraction of sp³-hybridized carbons (Fsp3) is 0.562. The Morgan fingerprint density at radius 3 is 2.62 bits per heavy atom. The van der Waals surface area contributed by atoms with Crippen LogP contribution >= 0.6 is 0 Å². The summed E-state index contributed by atoms with van der Waals surface area (Å²) in [5.41, 5.74) is 3.50. The Kier molecular flexibility index (Phi) is 5.44. The molecule has 116 valence electrons. The van der Waals surface area contributed by atoms with Crippen LogP contribution in [0.2, 0.25) is 0 Å². The molecule has 1 heterocycles. The van der Waals surface area contributed by atoms with Gasteiger partial charge in [-0.15, -0.1) is 0 Å². The summed E-state index contributed by atoms with van der Waals surface area (Å²) in [4.78, 5) is 13.7. The largest absolute Gasteiger partial charge is 0.491 e. The number of ether oxygens (including phenoxy) is 2. The standard InChI is InChI=1S/C16H24N2O3/c1-12-4-5-13(2)15(14(12)3)21-9-6-17-16(19)18-7-10-20-11-8-18/h4-5H,6-11H2,1-3H3,(H,17,19). The SMILES string of the molecule is Cc1ccc(C)c(OCCNC(=O)N2CCOCC2)c1C. The average Bonchev–Trinajstić information content (AvgIpc) is 2.51. The molecule has 0 aromatic heterocycles. The van der Waals surface area contributed by atoms with E-state index in [9.17, 15) is 4.79 Å². The molecule has 0 aliphatic carbocycles. The van der Waals surface area contributed by atoms with Gasteiger partial charge in [-0.2, -0.15) is 0 Å². The Morgan fingerprint density at radius 1 is 1.24 bits per heavy atom. The van der Waals surface area contributed by atoms with Crippen molar-refractivity contribution in [2.24, 2.45) is 0 Å². The zero-order valence-corrected chi connectivity index (χ0v) is 13.1. The Bertz CT molecular complexity index is 497. The van der Waals surface area contributed by atoms with Crippen LogP contribution in [-0.4, -0.2) is 50.4 Å². The number of benzene rings is 1. The van der Waals surface area contributed by atoms with Gasteiger partial charge in [0.15, 0.2) is 0 Å². The fourth-order valence-corrected chi connectivity index (χ4v) is 2.34. The van der Waals surface area contributed by atoms with Crippen LogP contribution in [0.4, 0.5) is 4.79 Å².